The molecule has 2 rings (SSSR count). The first kappa shape index (κ1) is 12.5. The van der Waals surface area contributed by atoms with E-state index in [9.17, 15) is 0 Å². The predicted octanol–water partition coefficient (Wildman–Crippen LogP) is 3.36. The SMILES string of the molecule is Cc1cn(C)c(NCCC2CCCC(C)C2)n1. The summed E-state index contributed by atoms with van der Waals surface area (Å²) in [5.74, 6) is 2.86. The largest absolute Gasteiger partial charge is 0.356 e. The van der Waals surface area contributed by atoms with E-state index < -0.39 is 0 Å². The zero-order valence-electron chi connectivity index (χ0n) is 11.4. The van der Waals surface area contributed by atoms with Gasteiger partial charge in [0.15, 0.2) is 0 Å². The molecule has 0 spiro atoms. The molecule has 3 nitrogen and oxygen atoms in total. The van der Waals surface area contributed by atoms with E-state index in [0.717, 1.165) is 30.0 Å². The molecule has 3 heteroatoms. The maximum Gasteiger partial charge on any atom is 0.202 e. The predicted molar refractivity (Wildman–Crippen MR) is 72.2 cm³/mol. The highest BCUT2D eigenvalue weighted by Gasteiger charge is 2.18. The molecule has 96 valence electrons. The van der Waals surface area contributed by atoms with Crippen molar-refractivity contribution in [2.24, 2.45) is 18.9 Å². The number of nitrogens with zero attached hydrogens (tertiary/aromatic N) is 2. The van der Waals surface area contributed by atoms with Crippen LogP contribution in [0.2, 0.25) is 0 Å². The molecule has 1 aliphatic rings. The van der Waals surface area contributed by atoms with Crippen LogP contribution < -0.4 is 5.32 Å². The van der Waals surface area contributed by atoms with E-state index in [1.54, 1.807) is 0 Å². The minimum atomic E-state index is 0.924. The number of anilines is 1. The van der Waals surface area contributed by atoms with Crippen LogP contribution in [-0.2, 0) is 7.05 Å². The van der Waals surface area contributed by atoms with Gasteiger partial charge in [-0.25, -0.2) is 4.98 Å². The lowest BCUT2D eigenvalue weighted by molar-refractivity contribution is 0.274. The Hall–Kier alpha value is -0.990. The third-order valence-corrected chi connectivity index (χ3v) is 3.88. The van der Waals surface area contributed by atoms with Gasteiger partial charge in [-0.2, -0.15) is 0 Å². The fraction of sp³-hybridized carbons (Fsp3) is 0.786. The smallest absolute Gasteiger partial charge is 0.202 e. The zero-order valence-corrected chi connectivity index (χ0v) is 11.4. The van der Waals surface area contributed by atoms with Gasteiger partial charge in [0.25, 0.3) is 0 Å². The number of aromatic nitrogens is 2. The zero-order chi connectivity index (χ0) is 12.3. The van der Waals surface area contributed by atoms with E-state index in [0.29, 0.717) is 0 Å². The van der Waals surface area contributed by atoms with E-state index in [-0.39, 0.29) is 0 Å². The summed E-state index contributed by atoms with van der Waals surface area (Å²) >= 11 is 0. The third-order valence-electron chi connectivity index (χ3n) is 3.88. The van der Waals surface area contributed by atoms with E-state index in [2.05, 4.69) is 28.0 Å². The molecule has 0 amide bonds. The van der Waals surface area contributed by atoms with Crippen molar-refractivity contribution in [2.45, 2.75) is 46.0 Å². The Balaban J connectivity index is 1.74. The summed E-state index contributed by atoms with van der Waals surface area (Å²) in [7, 11) is 2.05. The monoisotopic (exact) mass is 235 g/mol. The number of hydrogen-bond donors (Lipinski definition) is 1. The Morgan fingerprint density at radius 3 is 2.94 bits per heavy atom. The molecule has 0 aromatic carbocycles. The van der Waals surface area contributed by atoms with Crippen LogP contribution in [0.3, 0.4) is 0 Å². The van der Waals surface area contributed by atoms with Gasteiger partial charge >= 0.3 is 0 Å². The van der Waals surface area contributed by atoms with Crippen molar-refractivity contribution in [3.05, 3.63) is 11.9 Å². The quantitative estimate of drug-likeness (QED) is 0.867. The van der Waals surface area contributed by atoms with Crippen LogP contribution in [-0.4, -0.2) is 16.1 Å². The normalized spacial score (nSPS) is 24.9. The molecule has 0 radical (unpaired) electrons. The van der Waals surface area contributed by atoms with Crippen molar-refractivity contribution >= 4 is 5.95 Å². The number of hydrogen-bond acceptors (Lipinski definition) is 2. The molecule has 0 bridgehead atoms. The van der Waals surface area contributed by atoms with Crippen LogP contribution in [0.4, 0.5) is 5.95 Å². The molecule has 0 saturated heterocycles. The van der Waals surface area contributed by atoms with Gasteiger partial charge in [-0.3, -0.25) is 0 Å². The second-order valence-corrected chi connectivity index (χ2v) is 5.67. The molecular weight excluding hydrogens is 210 g/mol. The average Bonchev–Trinajstić information content (AvgIpc) is 2.58. The van der Waals surface area contributed by atoms with E-state index in [4.69, 9.17) is 0 Å². The lowest BCUT2D eigenvalue weighted by atomic mass is 9.81. The molecule has 1 aromatic rings. The van der Waals surface area contributed by atoms with E-state index >= 15 is 0 Å². The topological polar surface area (TPSA) is 29.9 Å². The number of aryl methyl sites for hydroxylation is 2. The number of rotatable bonds is 4. The Morgan fingerprint density at radius 2 is 2.29 bits per heavy atom. The standard InChI is InChI=1S/C14H25N3/c1-11-5-4-6-13(9-11)7-8-15-14-16-12(2)10-17(14)3/h10-11,13H,4-9H2,1-3H3,(H,15,16). The van der Waals surface area contributed by atoms with Gasteiger partial charge < -0.3 is 9.88 Å². The van der Waals surface area contributed by atoms with Gasteiger partial charge in [0.05, 0.1) is 5.69 Å². The lowest BCUT2D eigenvalue weighted by Crippen LogP contribution is -2.17. The van der Waals surface area contributed by atoms with Gasteiger partial charge in [-0.1, -0.05) is 26.2 Å². The Labute approximate surface area is 105 Å². The van der Waals surface area contributed by atoms with Crippen LogP contribution in [0.15, 0.2) is 6.20 Å². The molecule has 1 heterocycles. The molecule has 17 heavy (non-hydrogen) atoms. The molecule has 1 fully saturated rings. The molecule has 1 N–H and O–H groups in total. The van der Waals surface area contributed by atoms with Crippen LogP contribution in [0, 0.1) is 18.8 Å². The fourth-order valence-corrected chi connectivity index (χ4v) is 2.99. The summed E-state index contributed by atoms with van der Waals surface area (Å²) in [4.78, 5) is 4.46. The van der Waals surface area contributed by atoms with Crippen LogP contribution in [0.1, 0.15) is 44.7 Å². The highest BCUT2D eigenvalue weighted by atomic mass is 15.2. The van der Waals surface area contributed by atoms with Crippen molar-refractivity contribution in [1.82, 2.24) is 9.55 Å². The van der Waals surface area contributed by atoms with Crippen molar-refractivity contribution in [1.29, 1.82) is 0 Å². The second kappa shape index (κ2) is 5.56. The minimum absolute atomic E-state index is 0.924. The fourth-order valence-electron chi connectivity index (χ4n) is 2.99. The summed E-state index contributed by atoms with van der Waals surface area (Å²) in [6.45, 7) is 5.48. The van der Waals surface area contributed by atoms with Crippen molar-refractivity contribution in [3.8, 4) is 0 Å². The van der Waals surface area contributed by atoms with Gasteiger partial charge in [-0.15, -0.1) is 0 Å². The Kier molecular flexibility index (Phi) is 4.08. The molecule has 2 unspecified atom stereocenters. The van der Waals surface area contributed by atoms with E-state index in [1.165, 1.54) is 32.1 Å². The third kappa shape index (κ3) is 3.48. The first-order valence-electron chi connectivity index (χ1n) is 6.89. The molecule has 1 aliphatic carbocycles. The minimum Gasteiger partial charge on any atom is -0.356 e. The van der Waals surface area contributed by atoms with E-state index in [1.807, 2.05) is 14.0 Å². The summed E-state index contributed by atoms with van der Waals surface area (Å²) in [6, 6.07) is 0. The van der Waals surface area contributed by atoms with Crippen LogP contribution in [0.5, 0.6) is 0 Å². The molecule has 1 aromatic heterocycles. The van der Waals surface area contributed by atoms with Crippen LogP contribution >= 0.6 is 0 Å². The highest BCUT2D eigenvalue weighted by Crippen LogP contribution is 2.30. The summed E-state index contributed by atoms with van der Waals surface area (Å²) < 4.78 is 2.07. The van der Waals surface area contributed by atoms with Crippen molar-refractivity contribution in [3.63, 3.8) is 0 Å². The summed E-state index contributed by atoms with van der Waals surface area (Å²) in [5.41, 5.74) is 1.08. The Bertz CT molecular complexity index is 356. The summed E-state index contributed by atoms with van der Waals surface area (Å²) in [6.07, 6.45) is 9.05. The second-order valence-electron chi connectivity index (χ2n) is 5.67. The van der Waals surface area contributed by atoms with Gasteiger partial charge in [0.1, 0.15) is 0 Å². The van der Waals surface area contributed by atoms with Gasteiger partial charge in [0, 0.05) is 19.8 Å². The van der Waals surface area contributed by atoms with Gasteiger partial charge in [-0.05, 0) is 31.6 Å². The van der Waals surface area contributed by atoms with Gasteiger partial charge in [0.2, 0.25) is 5.95 Å². The molecule has 0 aliphatic heterocycles. The molecule has 2 atom stereocenters. The van der Waals surface area contributed by atoms with Crippen molar-refractivity contribution < 1.29 is 0 Å². The van der Waals surface area contributed by atoms with Crippen LogP contribution in [0.25, 0.3) is 0 Å². The Morgan fingerprint density at radius 1 is 1.47 bits per heavy atom. The number of nitrogens with one attached hydrogen (secondary N) is 1. The number of imidazole rings is 1. The average molecular weight is 235 g/mol. The van der Waals surface area contributed by atoms with Crippen molar-refractivity contribution in [2.75, 3.05) is 11.9 Å². The maximum absolute atomic E-state index is 4.46. The lowest BCUT2D eigenvalue weighted by Gasteiger charge is -2.26. The summed E-state index contributed by atoms with van der Waals surface area (Å²) in [5, 5.41) is 3.45. The molecular formula is C14H25N3. The first-order chi connectivity index (χ1) is 8.15. The first-order valence-corrected chi connectivity index (χ1v) is 6.89. The maximum atomic E-state index is 4.46. The molecule has 1 saturated carbocycles. The highest BCUT2D eigenvalue weighted by molar-refractivity contribution is 5.27.